The quantitative estimate of drug-likeness (QED) is 0.741. The molecule has 0 aromatic carbocycles. The SMILES string of the molecule is COc1cc(OC)nc(N2CCC(C=O)CC2)n1. The van der Waals surface area contributed by atoms with Crippen LogP contribution in [0.3, 0.4) is 0 Å². The van der Waals surface area contributed by atoms with Gasteiger partial charge in [0.15, 0.2) is 0 Å². The highest BCUT2D eigenvalue weighted by Gasteiger charge is 2.21. The monoisotopic (exact) mass is 251 g/mol. The molecule has 1 fully saturated rings. The van der Waals surface area contributed by atoms with Crippen LogP contribution in [0.2, 0.25) is 0 Å². The van der Waals surface area contributed by atoms with E-state index >= 15 is 0 Å². The Bertz CT molecular complexity index is 395. The molecule has 1 aliphatic heterocycles. The van der Waals surface area contributed by atoms with Gasteiger partial charge in [-0.25, -0.2) is 0 Å². The lowest BCUT2D eigenvalue weighted by Crippen LogP contribution is -2.35. The van der Waals surface area contributed by atoms with E-state index in [4.69, 9.17) is 9.47 Å². The zero-order chi connectivity index (χ0) is 13.0. The topological polar surface area (TPSA) is 64.6 Å². The molecule has 1 aliphatic rings. The van der Waals surface area contributed by atoms with Gasteiger partial charge in [0, 0.05) is 19.0 Å². The fraction of sp³-hybridized carbons (Fsp3) is 0.583. The Morgan fingerprint density at radius 1 is 1.22 bits per heavy atom. The molecular formula is C12H17N3O3. The second-order valence-electron chi connectivity index (χ2n) is 4.21. The average Bonchev–Trinajstić information content (AvgIpc) is 2.46. The molecule has 0 spiro atoms. The number of methoxy groups -OCH3 is 2. The third-order valence-corrected chi connectivity index (χ3v) is 3.10. The molecule has 6 heteroatoms. The first-order valence-electron chi connectivity index (χ1n) is 5.94. The molecular weight excluding hydrogens is 234 g/mol. The van der Waals surface area contributed by atoms with Crippen LogP contribution in [-0.2, 0) is 4.79 Å². The minimum Gasteiger partial charge on any atom is -0.481 e. The van der Waals surface area contributed by atoms with Crippen LogP contribution in [-0.4, -0.2) is 43.6 Å². The smallest absolute Gasteiger partial charge is 0.231 e. The first kappa shape index (κ1) is 12.6. The number of piperidine rings is 1. The summed E-state index contributed by atoms with van der Waals surface area (Å²) in [4.78, 5) is 21.4. The van der Waals surface area contributed by atoms with Crippen molar-refractivity contribution in [3.05, 3.63) is 6.07 Å². The van der Waals surface area contributed by atoms with E-state index in [1.807, 2.05) is 4.90 Å². The normalized spacial score (nSPS) is 16.4. The number of hydrogen-bond donors (Lipinski definition) is 0. The number of rotatable bonds is 4. The molecule has 1 saturated heterocycles. The fourth-order valence-electron chi connectivity index (χ4n) is 1.98. The Morgan fingerprint density at radius 2 is 1.78 bits per heavy atom. The van der Waals surface area contributed by atoms with Crippen molar-refractivity contribution >= 4 is 12.2 Å². The third kappa shape index (κ3) is 2.69. The van der Waals surface area contributed by atoms with Gasteiger partial charge in [0.25, 0.3) is 0 Å². The summed E-state index contributed by atoms with van der Waals surface area (Å²) in [5.74, 6) is 1.72. The summed E-state index contributed by atoms with van der Waals surface area (Å²) in [6.45, 7) is 1.56. The molecule has 0 aliphatic carbocycles. The lowest BCUT2D eigenvalue weighted by Gasteiger charge is -2.29. The molecule has 0 amide bonds. The molecule has 0 bridgehead atoms. The third-order valence-electron chi connectivity index (χ3n) is 3.10. The number of carbonyl (C=O) groups is 1. The molecule has 0 saturated carbocycles. The van der Waals surface area contributed by atoms with E-state index in [2.05, 4.69) is 9.97 Å². The number of carbonyl (C=O) groups excluding carboxylic acids is 1. The molecule has 98 valence electrons. The van der Waals surface area contributed by atoms with Crippen molar-refractivity contribution in [1.82, 2.24) is 9.97 Å². The van der Waals surface area contributed by atoms with Crippen molar-refractivity contribution in [2.24, 2.45) is 5.92 Å². The Kier molecular flexibility index (Phi) is 3.96. The molecule has 6 nitrogen and oxygen atoms in total. The molecule has 0 unspecified atom stereocenters. The second-order valence-corrected chi connectivity index (χ2v) is 4.21. The van der Waals surface area contributed by atoms with Gasteiger partial charge in [-0.3, -0.25) is 0 Å². The summed E-state index contributed by atoms with van der Waals surface area (Å²) in [6, 6.07) is 1.64. The van der Waals surface area contributed by atoms with Gasteiger partial charge in [-0.2, -0.15) is 9.97 Å². The largest absolute Gasteiger partial charge is 0.481 e. The number of aromatic nitrogens is 2. The summed E-state index contributed by atoms with van der Waals surface area (Å²) < 4.78 is 10.2. The van der Waals surface area contributed by atoms with Crippen LogP contribution in [0, 0.1) is 5.92 Å². The minimum atomic E-state index is 0.161. The van der Waals surface area contributed by atoms with Gasteiger partial charge in [-0.1, -0.05) is 0 Å². The van der Waals surface area contributed by atoms with Crippen molar-refractivity contribution in [3.8, 4) is 11.8 Å². The first-order valence-corrected chi connectivity index (χ1v) is 5.94. The summed E-state index contributed by atoms with van der Waals surface area (Å²) in [5.41, 5.74) is 0. The number of aldehydes is 1. The van der Waals surface area contributed by atoms with Crippen LogP contribution in [0.1, 0.15) is 12.8 Å². The zero-order valence-corrected chi connectivity index (χ0v) is 10.6. The molecule has 1 aromatic heterocycles. The number of ether oxygens (including phenoxy) is 2. The maximum absolute atomic E-state index is 10.7. The minimum absolute atomic E-state index is 0.161. The van der Waals surface area contributed by atoms with Crippen molar-refractivity contribution < 1.29 is 14.3 Å². The van der Waals surface area contributed by atoms with Crippen LogP contribution in [0.5, 0.6) is 11.8 Å². The Hall–Kier alpha value is -1.85. The van der Waals surface area contributed by atoms with E-state index in [-0.39, 0.29) is 5.92 Å². The molecule has 0 radical (unpaired) electrons. The number of hydrogen-bond acceptors (Lipinski definition) is 6. The van der Waals surface area contributed by atoms with Gasteiger partial charge < -0.3 is 19.2 Å². The lowest BCUT2D eigenvalue weighted by atomic mass is 9.99. The van der Waals surface area contributed by atoms with Crippen LogP contribution in [0.4, 0.5) is 5.95 Å². The summed E-state index contributed by atoms with van der Waals surface area (Å²) in [5, 5.41) is 0. The highest BCUT2D eigenvalue weighted by Crippen LogP contribution is 2.24. The van der Waals surface area contributed by atoms with E-state index in [0.29, 0.717) is 17.7 Å². The van der Waals surface area contributed by atoms with Crippen LogP contribution < -0.4 is 14.4 Å². The van der Waals surface area contributed by atoms with E-state index in [9.17, 15) is 4.79 Å². The van der Waals surface area contributed by atoms with Crippen molar-refractivity contribution in [2.45, 2.75) is 12.8 Å². The summed E-state index contributed by atoms with van der Waals surface area (Å²) in [6.07, 6.45) is 2.71. The molecule has 18 heavy (non-hydrogen) atoms. The lowest BCUT2D eigenvalue weighted by molar-refractivity contribution is -0.111. The van der Waals surface area contributed by atoms with Gasteiger partial charge in [0.1, 0.15) is 6.29 Å². The Morgan fingerprint density at radius 3 is 2.22 bits per heavy atom. The Labute approximate surface area is 106 Å². The molecule has 0 atom stereocenters. The highest BCUT2D eigenvalue weighted by molar-refractivity contribution is 5.54. The van der Waals surface area contributed by atoms with Crippen molar-refractivity contribution in [3.63, 3.8) is 0 Å². The standard InChI is InChI=1S/C12H17N3O3/c1-17-10-7-11(18-2)14-12(13-10)15-5-3-9(8-16)4-6-15/h7-9H,3-6H2,1-2H3. The van der Waals surface area contributed by atoms with Crippen molar-refractivity contribution in [1.29, 1.82) is 0 Å². The molecule has 0 N–H and O–H groups in total. The van der Waals surface area contributed by atoms with Crippen LogP contribution >= 0.6 is 0 Å². The van der Waals surface area contributed by atoms with Gasteiger partial charge in [-0.05, 0) is 12.8 Å². The van der Waals surface area contributed by atoms with Gasteiger partial charge in [0.2, 0.25) is 17.7 Å². The molecule has 1 aromatic rings. The highest BCUT2D eigenvalue weighted by atomic mass is 16.5. The van der Waals surface area contributed by atoms with Gasteiger partial charge in [-0.15, -0.1) is 0 Å². The predicted molar refractivity (Wildman–Crippen MR) is 66.1 cm³/mol. The van der Waals surface area contributed by atoms with E-state index in [0.717, 1.165) is 32.2 Å². The maximum Gasteiger partial charge on any atom is 0.231 e. The van der Waals surface area contributed by atoms with Gasteiger partial charge in [0.05, 0.1) is 20.3 Å². The molecule has 2 rings (SSSR count). The van der Waals surface area contributed by atoms with Crippen LogP contribution in [0.15, 0.2) is 6.07 Å². The maximum atomic E-state index is 10.7. The number of anilines is 1. The number of nitrogens with zero attached hydrogens (tertiary/aromatic N) is 3. The van der Waals surface area contributed by atoms with E-state index in [1.54, 1.807) is 20.3 Å². The summed E-state index contributed by atoms with van der Waals surface area (Å²) >= 11 is 0. The average molecular weight is 251 g/mol. The van der Waals surface area contributed by atoms with E-state index in [1.165, 1.54) is 0 Å². The van der Waals surface area contributed by atoms with Crippen LogP contribution in [0.25, 0.3) is 0 Å². The van der Waals surface area contributed by atoms with Crippen molar-refractivity contribution in [2.75, 3.05) is 32.2 Å². The fourth-order valence-corrected chi connectivity index (χ4v) is 1.98. The second kappa shape index (κ2) is 5.66. The molecule has 2 heterocycles. The van der Waals surface area contributed by atoms with Gasteiger partial charge >= 0.3 is 0 Å². The first-order chi connectivity index (χ1) is 8.76. The zero-order valence-electron chi connectivity index (χ0n) is 10.6. The predicted octanol–water partition coefficient (Wildman–Crippen LogP) is 0.909. The summed E-state index contributed by atoms with van der Waals surface area (Å²) in [7, 11) is 3.12. The Balaban J connectivity index is 2.15. The van der Waals surface area contributed by atoms with E-state index < -0.39 is 0 Å².